The van der Waals surface area contributed by atoms with Gasteiger partial charge in [0.2, 0.25) is 5.92 Å². The minimum atomic E-state index is -2.68. The highest BCUT2D eigenvalue weighted by molar-refractivity contribution is 7.89. The van der Waals surface area contributed by atoms with Crippen molar-refractivity contribution >= 4 is 17.3 Å². The summed E-state index contributed by atoms with van der Waals surface area (Å²) in [6, 6.07) is 4.00. The van der Waals surface area contributed by atoms with E-state index in [1.165, 1.54) is 18.2 Å². The third-order valence-electron chi connectivity index (χ3n) is 6.50. The number of nitrogens with one attached hydrogen (secondary N) is 1. The summed E-state index contributed by atoms with van der Waals surface area (Å²) < 4.78 is 55.5. The van der Waals surface area contributed by atoms with Crippen LogP contribution in [0.25, 0.3) is 0 Å². The summed E-state index contributed by atoms with van der Waals surface area (Å²) in [5.74, 6) is -2.77. The summed E-state index contributed by atoms with van der Waals surface area (Å²) in [5, 5.41) is 2.93. The van der Waals surface area contributed by atoms with Gasteiger partial charge >= 0.3 is 0 Å². The number of hydrogen-bond donors (Lipinski definition) is 1. The van der Waals surface area contributed by atoms with Crippen molar-refractivity contribution in [3.05, 3.63) is 35.1 Å². The van der Waals surface area contributed by atoms with Gasteiger partial charge in [-0.3, -0.25) is 9.69 Å². The predicted octanol–water partition coefficient (Wildman–Crippen LogP) is 3.50. The van der Waals surface area contributed by atoms with E-state index in [4.69, 9.17) is 0 Å². The lowest BCUT2D eigenvalue weighted by molar-refractivity contribution is -0.0856. The zero-order valence-corrected chi connectivity index (χ0v) is 19.1. The summed E-state index contributed by atoms with van der Waals surface area (Å²) >= 11 is -1.01. The maximum Gasteiger partial charge on any atom is 0.251 e. The number of alkyl halides is 2. The van der Waals surface area contributed by atoms with Crippen LogP contribution in [0.5, 0.6) is 0 Å². The van der Waals surface area contributed by atoms with E-state index in [9.17, 15) is 22.5 Å². The Kier molecular flexibility index (Phi) is 7.94. The van der Waals surface area contributed by atoms with Crippen molar-refractivity contribution in [2.24, 2.45) is 0 Å². The fraction of sp³-hybridized carbons (Fsp3) is 0.682. The van der Waals surface area contributed by atoms with Crippen molar-refractivity contribution in [3.8, 4) is 0 Å². The highest BCUT2D eigenvalue weighted by atomic mass is 32.2. The highest BCUT2D eigenvalue weighted by Gasteiger charge is 2.47. The molecule has 1 amide bonds. The van der Waals surface area contributed by atoms with E-state index >= 15 is 0 Å². The van der Waals surface area contributed by atoms with Crippen LogP contribution in [-0.2, 0) is 11.4 Å². The van der Waals surface area contributed by atoms with Crippen LogP contribution in [0.3, 0.4) is 0 Å². The summed E-state index contributed by atoms with van der Waals surface area (Å²) in [4.78, 5) is 14.9. The number of amides is 1. The zero-order valence-electron chi connectivity index (χ0n) is 18.3. The molecule has 0 aromatic heterocycles. The Morgan fingerprint density at radius 2 is 1.81 bits per heavy atom. The van der Waals surface area contributed by atoms with Gasteiger partial charge in [-0.05, 0) is 49.9 Å². The molecule has 31 heavy (non-hydrogen) atoms. The van der Waals surface area contributed by atoms with E-state index in [-0.39, 0.29) is 25.3 Å². The van der Waals surface area contributed by atoms with E-state index < -0.39 is 28.6 Å². The molecule has 5 nitrogen and oxygen atoms in total. The second-order valence-electron chi connectivity index (χ2n) is 8.66. The number of aryl methyl sites for hydroxylation is 1. The van der Waals surface area contributed by atoms with E-state index in [0.717, 1.165) is 6.42 Å². The monoisotopic (exact) mass is 459 g/mol. The lowest BCUT2D eigenvalue weighted by Gasteiger charge is -2.50. The molecule has 174 valence electrons. The topological polar surface area (TPSA) is 58.6 Å². The number of carbonyl (C=O) groups is 1. The normalized spacial score (nSPS) is 22.8. The molecule has 2 aliphatic rings. The highest BCUT2D eigenvalue weighted by Crippen LogP contribution is 2.41. The smallest absolute Gasteiger partial charge is 0.251 e. The lowest BCUT2D eigenvalue weighted by Crippen LogP contribution is -2.63. The van der Waals surface area contributed by atoms with Crippen LogP contribution in [-0.4, -0.2) is 69.6 Å². The number of piperazine rings is 1. The Morgan fingerprint density at radius 3 is 2.39 bits per heavy atom. The molecular formula is C22H32F3N3O2S. The van der Waals surface area contributed by atoms with Gasteiger partial charge in [-0.2, -0.15) is 0 Å². The number of halogens is 3. The molecule has 1 aromatic carbocycles. The van der Waals surface area contributed by atoms with Gasteiger partial charge < -0.3 is 9.87 Å². The Morgan fingerprint density at radius 1 is 1.16 bits per heavy atom. The molecule has 1 heterocycles. The average molecular weight is 460 g/mol. The first-order chi connectivity index (χ1) is 14.7. The molecule has 1 N–H and O–H groups in total. The maximum absolute atomic E-state index is 13.9. The van der Waals surface area contributed by atoms with E-state index in [1.54, 1.807) is 6.92 Å². The first kappa shape index (κ1) is 24.4. The van der Waals surface area contributed by atoms with Gasteiger partial charge in [0.1, 0.15) is 11.6 Å². The Hall–Kier alpha value is -1.29. The molecule has 3 rings (SSSR count). The van der Waals surface area contributed by atoms with Gasteiger partial charge in [-0.15, -0.1) is 4.31 Å². The van der Waals surface area contributed by atoms with Crippen molar-refractivity contribution in [3.63, 3.8) is 0 Å². The SMILES string of the molecule is CCC[S+]([O-])N1CCN(C2(CNC(=O)c3ccc(F)cc3C)CCC(F)(F)CC2)CC1. The minimum Gasteiger partial charge on any atom is -0.598 e. The first-order valence-corrected chi connectivity index (χ1v) is 12.2. The minimum absolute atomic E-state index is 0.208. The first-order valence-electron chi connectivity index (χ1n) is 11.0. The van der Waals surface area contributed by atoms with Crippen LogP contribution in [0.4, 0.5) is 13.2 Å². The molecule has 1 saturated carbocycles. The van der Waals surface area contributed by atoms with Crippen LogP contribution in [0.2, 0.25) is 0 Å². The molecule has 1 aromatic rings. The zero-order chi connectivity index (χ0) is 22.6. The molecule has 1 aliphatic heterocycles. The molecular weight excluding hydrogens is 427 g/mol. The van der Waals surface area contributed by atoms with Crippen LogP contribution in [0.1, 0.15) is 54.9 Å². The maximum atomic E-state index is 13.9. The molecule has 0 bridgehead atoms. The lowest BCUT2D eigenvalue weighted by atomic mass is 9.78. The second-order valence-corrected chi connectivity index (χ2v) is 10.2. The third kappa shape index (κ3) is 5.94. The number of rotatable bonds is 7. The quantitative estimate of drug-likeness (QED) is 0.634. The Balaban J connectivity index is 1.69. The summed E-state index contributed by atoms with van der Waals surface area (Å²) in [5.41, 5.74) is 0.370. The number of nitrogens with zero attached hydrogens (tertiary/aromatic N) is 2. The summed E-state index contributed by atoms with van der Waals surface area (Å²) in [7, 11) is 0. The number of carbonyl (C=O) groups excluding carboxylic acids is 1. The molecule has 1 unspecified atom stereocenters. The summed E-state index contributed by atoms with van der Waals surface area (Å²) in [6.45, 7) is 6.43. The fourth-order valence-electron chi connectivity index (χ4n) is 4.58. The molecule has 1 aliphatic carbocycles. The molecule has 9 heteroatoms. The standard InChI is InChI=1S/C22H32F3N3O2S/c1-3-14-31(30)28-12-10-27(11-13-28)21(6-8-22(24,25)9-7-21)16-26-20(29)19-5-4-18(23)15-17(19)2/h4-5,15H,3,6-14,16H2,1-2H3,(H,26,29). The molecule has 1 atom stereocenters. The van der Waals surface area contributed by atoms with Gasteiger partial charge in [0.15, 0.2) is 0 Å². The predicted molar refractivity (Wildman–Crippen MR) is 116 cm³/mol. The average Bonchev–Trinajstić information content (AvgIpc) is 2.73. The molecule has 0 spiro atoms. The number of benzene rings is 1. The van der Waals surface area contributed by atoms with Crippen LogP contribution in [0, 0.1) is 12.7 Å². The van der Waals surface area contributed by atoms with Crippen LogP contribution >= 0.6 is 0 Å². The Bertz CT molecular complexity index is 762. The van der Waals surface area contributed by atoms with Gasteiger partial charge in [0.25, 0.3) is 5.91 Å². The Labute approximate surface area is 185 Å². The van der Waals surface area contributed by atoms with Gasteiger partial charge in [-0.1, -0.05) is 6.92 Å². The molecule has 2 fully saturated rings. The molecule has 1 saturated heterocycles. The van der Waals surface area contributed by atoms with E-state index in [0.29, 0.717) is 55.9 Å². The fourth-order valence-corrected chi connectivity index (χ4v) is 5.76. The third-order valence-corrected chi connectivity index (χ3v) is 8.20. The van der Waals surface area contributed by atoms with Crippen molar-refractivity contribution in [1.29, 1.82) is 0 Å². The van der Waals surface area contributed by atoms with Crippen molar-refractivity contribution < 1.29 is 22.5 Å². The van der Waals surface area contributed by atoms with E-state index in [1.807, 2.05) is 11.2 Å². The van der Waals surface area contributed by atoms with E-state index in [2.05, 4.69) is 10.2 Å². The second kappa shape index (κ2) is 10.1. The van der Waals surface area contributed by atoms with Crippen molar-refractivity contribution in [2.45, 2.75) is 57.4 Å². The van der Waals surface area contributed by atoms with Crippen molar-refractivity contribution in [2.75, 3.05) is 38.5 Å². The van der Waals surface area contributed by atoms with Crippen molar-refractivity contribution in [1.82, 2.24) is 14.5 Å². The van der Waals surface area contributed by atoms with Crippen LogP contribution in [0.15, 0.2) is 18.2 Å². The van der Waals surface area contributed by atoms with Gasteiger partial charge in [-0.25, -0.2) is 13.2 Å². The van der Waals surface area contributed by atoms with Gasteiger partial charge in [0.05, 0.1) is 13.1 Å². The largest absolute Gasteiger partial charge is 0.598 e. The molecule has 0 radical (unpaired) electrons. The van der Waals surface area contributed by atoms with Crippen LogP contribution < -0.4 is 5.32 Å². The summed E-state index contributed by atoms with van der Waals surface area (Å²) in [6.07, 6.45) is 1.02. The number of hydrogen-bond acceptors (Lipinski definition) is 4. The van der Waals surface area contributed by atoms with Gasteiger partial charge in [0, 0.05) is 54.9 Å².